The summed E-state index contributed by atoms with van der Waals surface area (Å²) in [6.07, 6.45) is 4.75. The lowest BCUT2D eigenvalue weighted by molar-refractivity contribution is 0.859. The number of fused-ring (bicyclic) bond motifs is 2. The number of aromatic nitrogens is 8. The van der Waals surface area contributed by atoms with Gasteiger partial charge < -0.3 is 10.3 Å². The number of nitrogens with one attached hydrogen (secondary N) is 2. The monoisotopic (exact) mass is 281 g/mol. The molecule has 4 aromatic rings. The highest BCUT2D eigenvalue weighted by molar-refractivity contribution is 5.89. The topological polar surface area (TPSA) is 110 Å². The van der Waals surface area contributed by atoms with E-state index in [1.165, 1.54) is 6.33 Å². The Morgan fingerprint density at radius 2 is 2.10 bits per heavy atom. The van der Waals surface area contributed by atoms with Gasteiger partial charge in [0.05, 0.1) is 17.9 Å². The van der Waals surface area contributed by atoms with Gasteiger partial charge in [0, 0.05) is 7.05 Å². The summed E-state index contributed by atoms with van der Waals surface area (Å²) in [5.41, 5.74) is 1.98. The van der Waals surface area contributed by atoms with E-state index in [4.69, 9.17) is 0 Å². The molecule has 0 radical (unpaired) electrons. The minimum absolute atomic E-state index is 0.586. The largest absolute Gasteiger partial charge is 0.372 e. The summed E-state index contributed by atoms with van der Waals surface area (Å²) in [6.45, 7) is 1.84. The Kier molecular flexibility index (Phi) is 2.34. The number of aryl methyl sites for hydroxylation is 1. The standard InChI is InChI=1S/C12H11N9/c1-6-19-9(13-2)7-3-18-21(11(7)20-6)12-8-10(15-4-14-8)16-5-17-12/h3-5H,1-2H3,(H,13,19,20)(H,14,15,16,17). The Morgan fingerprint density at radius 3 is 2.95 bits per heavy atom. The number of H-pyrrole nitrogens is 1. The third-order valence-electron chi connectivity index (χ3n) is 3.18. The zero-order chi connectivity index (χ0) is 14.4. The Labute approximate surface area is 118 Å². The molecular weight excluding hydrogens is 270 g/mol. The van der Waals surface area contributed by atoms with Crippen LogP contribution in [0.4, 0.5) is 5.82 Å². The number of imidazole rings is 1. The number of rotatable bonds is 2. The van der Waals surface area contributed by atoms with Crippen LogP contribution in [0, 0.1) is 6.92 Å². The second kappa shape index (κ2) is 4.20. The smallest absolute Gasteiger partial charge is 0.185 e. The van der Waals surface area contributed by atoms with Crippen molar-refractivity contribution >= 4 is 28.0 Å². The quantitative estimate of drug-likeness (QED) is 0.560. The summed E-state index contributed by atoms with van der Waals surface area (Å²) < 4.78 is 1.66. The van der Waals surface area contributed by atoms with Crippen LogP contribution in [0.3, 0.4) is 0 Å². The average Bonchev–Trinajstić information content (AvgIpc) is 3.12. The molecule has 4 aromatic heterocycles. The molecule has 0 bridgehead atoms. The van der Waals surface area contributed by atoms with Crippen molar-refractivity contribution in [3.63, 3.8) is 0 Å². The van der Waals surface area contributed by atoms with Gasteiger partial charge in [0.1, 0.15) is 23.5 Å². The summed E-state index contributed by atoms with van der Waals surface area (Å²) in [6, 6.07) is 0. The van der Waals surface area contributed by atoms with Gasteiger partial charge in [-0.05, 0) is 6.92 Å². The van der Waals surface area contributed by atoms with Crippen LogP contribution >= 0.6 is 0 Å². The number of hydrogen-bond acceptors (Lipinski definition) is 7. The molecule has 0 unspecified atom stereocenters. The third-order valence-corrected chi connectivity index (χ3v) is 3.18. The summed E-state index contributed by atoms with van der Waals surface area (Å²) in [5.74, 6) is 2.00. The maximum Gasteiger partial charge on any atom is 0.185 e. The van der Waals surface area contributed by atoms with Crippen molar-refractivity contribution in [1.29, 1.82) is 0 Å². The molecule has 0 spiro atoms. The molecule has 9 heteroatoms. The van der Waals surface area contributed by atoms with E-state index < -0.39 is 0 Å². The highest BCUT2D eigenvalue weighted by Crippen LogP contribution is 2.23. The molecule has 0 fully saturated rings. The first-order valence-corrected chi connectivity index (χ1v) is 6.32. The fourth-order valence-corrected chi connectivity index (χ4v) is 2.28. The fraction of sp³-hybridized carbons (Fsp3) is 0.167. The number of anilines is 1. The zero-order valence-corrected chi connectivity index (χ0v) is 11.4. The number of nitrogens with zero attached hydrogens (tertiary/aromatic N) is 7. The van der Waals surface area contributed by atoms with Gasteiger partial charge in [0.2, 0.25) is 0 Å². The SMILES string of the molecule is CNc1nc(C)nc2c1cnn2-c1ncnc2nc[nH]c12. The van der Waals surface area contributed by atoms with Crippen LogP contribution in [0.2, 0.25) is 0 Å². The minimum Gasteiger partial charge on any atom is -0.372 e. The van der Waals surface area contributed by atoms with E-state index in [0.29, 0.717) is 28.5 Å². The predicted octanol–water partition coefficient (Wildman–Crippen LogP) is 0.832. The van der Waals surface area contributed by atoms with E-state index in [9.17, 15) is 0 Å². The lowest BCUT2D eigenvalue weighted by Gasteiger charge is -2.05. The number of aromatic amines is 1. The Hall–Kier alpha value is -3.10. The first-order valence-electron chi connectivity index (χ1n) is 6.32. The first kappa shape index (κ1) is 11.7. The van der Waals surface area contributed by atoms with Gasteiger partial charge in [-0.25, -0.2) is 24.9 Å². The van der Waals surface area contributed by atoms with Crippen LogP contribution in [0.15, 0.2) is 18.9 Å². The maximum absolute atomic E-state index is 4.47. The summed E-state index contributed by atoms with van der Waals surface area (Å²) in [7, 11) is 1.82. The molecule has 0 aliphatic rings. The average molecular weight is 281 g/mol. The number of hydrogen-bond donors (Lipinski definition) is 2. The summed E-state index contributed by atoms with van der Waals surface area (Å²) in [4.78, 5) is 24.4. The van der Waals surface area contributed by atoms with E-state index in [0.717, 1.165) is 11.2 Å². The molecule has 21 heavy (non-hydrogen) atoms. The van der Waals surface area contributed by atoms with E-state index in [-0.39, 0.29) is 0 Å². The van der Waals surface area contributed by atoms with Crippen LogP contribution in [0.1, 0.15) is 5.82 Å². The van der Waals surface area contributed by atoms with Crippen molar-refractivity contribution < 1.29 is 0 Å². The summed E-state index contributed by atoms with van der Waals surface area (Å²) >= 11 is 0. The van der Waals surface area contributed by atoms with Gasteiger partial charge in [-0.3, -0.25) is 0 Å². The maximum atomic E-state index is 4.47. The molecule has 0 aromatic carbocycles. The molecule has 0 saturated heterocycles. The van der Waals surface area contributed by atoms with Gasteiger partial charge in [-0.2, -0.15) is 9.78 Å². The molecule has 2 N–H and O–H groups in total. The molecule has 4 rings (SSSR count). The van der Waals surface area contributed by atoms with Crippen LogP contribution < -0.4 is 5.32 Å². The Balaban J connectivity index is 2.07. The van der Waals surface area contributed by atoms with E-state index in [1.807, 2.05) is 14.0 Å². The van der Waals surface area contributed by atoms with Gasteiger partial charge in [0.25, 0.3) is 0 Å². The van der Waals surface area contributed by atoms with E-state index in [2.05, 4.69) is 40.3 Å². The molecule has 0 aliphatic carbocycles. The molecule has 0 saturated carbocycles. The van der Waals surface area contributed by atoms with Gasteiger partial charge >= 0.3 is 0 Å². The molecular formula is C12H11N9. The highest BCUT2D eigenvalue weighted by atomic mass is 15.3. The molecule has 104 valence electrons. The van der Waals surface area contributed by atoms with Crippen molar-refractivity contribution in [2.45, 2.75) is 6.92 Å². The van der Waals surface area contributed by atoms with Crippen molar-refractivity contribution in [2.24, 2.45) is 0 Å². The second-order valence-electron chi connectivity index (χ2n) is 4.46. The minimum atomic E-state index is 0.586. The predicted molar refractivity (Wildman–Crippen MR) is 76.2 cm³/mol. The van der Waals surface area contributed by atoms with Gasteiger partial charge in [-0.15, -0.1) is 0 Å². The lowest BCUT2D eigenvalue weighted by Crippen LogP contribution is -2.04. The molecule has 9 nitrogen and oxygen atoms in total. The van der Waals surface area contributed by atoms with Crippen molar-refractivity contribution in [1.82, 2.24) is 39.7 Å². The van der Waals surface area contributed by atoms with Crippen LogP contribution in [0.25, 0.3) is 28.0 Å². The van der Waals surface area contributed by atoms with Gasteiger partial charge in [0.15, 0.2) is 17.1 Å². The molecule has 0 atom stereocenters. The zero-order valence-electron chi connectivity index (χ0n) is 11.4. The van der Waals surface area contributed by atoms with Crippen molar-refractivity contribution in [2.75, 3.05) is 12.4 Å². The molecule has 0 amide bonds. The first-order chi connectivity index (χ1) is 10.3. The van der Waals surface area contributed by atoms with Gasteiger partial charge in [-0.1, -0.05) is 0 Å². The summed E-state index contributed by atoms with van der Waals surface area (Å²) in [5, 5.41) is 8.26. The fourth-order valence-electron chi connectivity index (χ4n) is 2.28. The molecule has 4 heterocycles. The normalized spacial score (nSPS) is 11.3. The third kappa shape index (κ3) is 1.64. The van der Waals surface area contributed by atoms with E-state index >= 15 is 0 Å². The van der Waals surface area contributed by atoms with Crippen molar-refractivity contribution in [3.8, 4) is 5.82 Å². The van der Waals surface area contributed by atoms with E-state index in [1.54, 1.807) is 17.2 Å². The van der Waals surface area contributed by atoms with Crippen molar-refractivity contribution in [3.05, 3.63) is 24.7 Å². The Morgan fingerprint density at radius 1 is 1.19 bits per heavy atom. The Bertz CT molecular complexity index is 952. The lowest BCUT2D eigenvalue weighted by atomic mass is 10.4. The second-order valence-corrected chi connectivity index (χ2v) is 4.46. The highest BCUT2D eigenvalue weighted by Gasteiger charge is 2.15. The molecule has 0 aliphatic heterocycles. The van der Waals surface area contributed by atoms with Crippen LogP contribution in [-0.4, -0.2) is 46.7 Å². The van der Waals surface area contributed by atoms with Crippen LogP contribution in [0.5, 0.6) is 0 Å². The van der Waals surface area contributed by atoms with Crippen LogP contribution in [-0.2, 0) is 0 Å².